The third-order valence-electron chi connectivity index (χ3n) is 2.30. The summed E-state index contributed by atoms with van der Waals surface area (Å²) < 4.78 is 3.83. The molecule has 0 saturated heterocycles. The molecule has 0 atom stereocenters. The first-order valence-electron chi connectivity index (χ1n) is 4.87. The van der Waals surface area contributed by atoms with Gasteiger partial charge in [-0.2, -0.15) is 5.10 Å². The van der Waals surface area contributed by atoms with Crippen LogP contribution in [0.1, 0.15) is 11.3 Å². The molecule has 0 N–H and O–H groups in total. The first-order valence-corrected chi connectivity index (χ1v) is 6.39. The van der Waals surface area contributed by atoms with Crippen LogP contribution in [0.25, 0.3) is 0 Å². The van der Waals surface area contributed by atoms with Gasteiger partial charge in [0, 0.05) is 31.6 Å². The van der Waals surface area contributed by atoms with E-state index in [0.717, 1.165) is 16.6 Å². The van der Waals surface area contributed by atoms with E-state index in [9.17, 15) is 0 Å². The molecular weight excluding hydrogens is 244 g/mol. The number of hydrogen-bond acceptors (Lipinski definition) is 3. The van der Waals surface area contributed by atoms with Crippen molar-refractivity contribution < 1.29 is 0 Å². The Labute approximate surface area is 104 Å². The maximum Gasteiger partial charge on any atom is 0.168 e. The maximum atomic E-state index is 5.78. The zero-order valence-electron chi connectivity index (χ0n) is 9.22. The van der Waals surface area contributed by atoms with Crippen LogP contribution in [0, 0.1) is 0 Å². The van der Waals surface area contributed by atoms with Crippen LogP contribution in [0.3, 0.4) is 0 Å². The molecule has 6 heteroatoms. The summed E-state index contributed by atoms with van der Waals surface area (Å²) in [7, 11) is 3.90. The summed E-state index contributed by atoms with van der Waals surface area (Å²) in [5, 5.41) is 5.11. The van der Waals surface area contributed by atoms with E-state index in [1.807, 2.05) is 37.3 Å². The summed E-state index contributed by atoms with van der Waals surface area (Å²) in [5.41, 5.74) is 2.23. The molecule has 0 unspecified atom stereocenters. The predicted molar refractivity (Wildman–Crippen MR) is 65.5 cm³/mol. The van der Waals surface area contributed by atoms with Crippen molar-refractivity contribution in [3.05, 3.63) is 29.8 Å². The lowest BCUT2D eigenvalue weighted by Crippen LogP contribution is -1.95. The number of aryl methyl sites for hydroxylation is 1. The lowest BCUT2D eigenvalue weighted by Gasteiger charge is -2.02. The van der Waals surface area contributed by atoms with Gasteiger partial charge in [-0.1, -0.05) is 11.8 Å². The third kappa shape index (κ3) is 2.41. The number of aromatic nitrogens is 4. The molecule has 2 aromatic rings. The van der Waals surface area contributed by atoms with Crippen molar-refractivity contribution in [1.29, 1.82) is 0 Å². The Bertz CT molecular complexity index is 477. The zero-order chi connectivity index (χ0) is 11.5. The van der Waals surface area contributed by atoms with Gasteiger partial charge in [0.1, 0.15) is 0 Å². The van der Waals surface area contributed by atoms with Gasteiger partial charge in [-0.3, -0.25) is 4.68 Å². The fraction of sp³-hybridized carbons (Fsp3) is 0.400. The highest BCUT2D eigenvalue weighted by Crippen LogP contribution is 2.22. The van der Waals surface area contributed by atoms with Crippen LogP contribution in [-0.4, -0.2) is 19.3 Å². The Hall–Kier alpha value is -0.940. The van der Waals surface area contributed by atoms with Crippen molar-refractivity contribution in [2.75, 3.05) is 0 Å². The minimum Gasteiger partial charge on any atom is -0.325 e. The molecule has 0 amide bonds. The minimum absolute atomic E-state index is 0.497. The summed E-state index contributed by atoms with van der Waals surface area (Å²) in [6, 6.07) is 0. The van der Waals surface area contributed by atoms with Crippen LogP contribution < -0.4 is 0 Å². The smallest absolute Gasteiger partial charge is 0.168 e. The van der Waals surface area contributed by atoms with E-state index in [2.05, 4.69) is 10.1 Å². The second kappa shape index (κ2) is 4.93. The van der Waals surface area contributed by atoms with E-state index < -0.39 is 0 Å². The summed E-state index contributed by atoms with van der Waals surface area (Å²) in [4.78, 5) is 4.32. The highest BCUT2D eigenvalue weighted by atomic mass is 35.5. The SMILES string of the molecule is Cn1cc(CSc2ncc(CCl)n2C)cn1. The molecule has 0 fully saturated rings. The van der Waals surface area contributed by atoms with Crippen LogP contribution in [-0.2, 0) is 25.7 Å². The largest absolute Gasteiger partial charge is 0.325 e. The van der Waals surface area contributed by atoms with Crippen molar-refractivity contribution in [3.63, 3.8) is 0 Å². The molecular formula is C10H13ClN4S. The van der Waals surface area contributed by atoms with E-state index in [-0.39, 0.29) is 0 Å². The van der Waals surface area contributed by atoms with Crippen molar-refractivity contribution >= 4 is 23.4 Å². The molecule has 0 radical (unpaired) electrons. The molecule has 0 saturated carbocycles. The van der Waals surface area contributed by atoms with Gasteiger partial charge in [0.2, 0.25) is 0 Å². The summed E-state index contributed by atoms with van der Waals surface area (Å²) in [5.74, 6) is 1.37. The van der Waals surface area contributed by atoms with Gasteiger partial charge in [0.05, 0.1) is 24.0 Å². The number of nitrogens with zero attached hydrogens (tertiary/aromatic N) is 4. The van der Waals surface area contributed by atoms with Crippen LogP contribution in [0.5, 0.6) is 0 Å². The topological polar surface area (TPSA) is 35.6 Å². The number of imidazole rings is 1. The normalized spacial score (nSPS) is 10.9. The van der Waals surface area contributed by atoms with Gasteiger partial charge >= 0.3 is 0 Å². The fourth-order valence-electron chi connectivity index (χ4n) is 1.38. The van der Waals surface area contributed by atoms with Gasteiger partial charge in [-0.15, -0.1) is 11.6 Å². The van der Waals surface area contributed by atoms with E-state index >= 15 is 0 Å². The Kier molecular flexibility index (Phi) is 3.56. The first-order chi connectivity index (χ1) is 7.70. The molecule has 0 bridgehead atoms. The van der Waals surface area contributed by atoms with Crippen LogP contribution in [0.2, 0.25) is 0 Å². The van der Waals surface area contributed by atoms with Crippen molar-refractivity contribution in [3.8, 4) is 0 Å². The molecule has 2 rings (SSSR count). The molecule has 0 aromatic carbocycles. The number of rotatable bonds is 4. The third-order valence-corrected chi connectivity index (χ3v) is 3.69. The molecule has 0 aliphatic rings. The van der Waals surface area contributed by atoms with E-state index in [1.165, 1.54) is 5.56 Å². The molecule has 16 heavy (non-hydrogen) atoms. The monoisotopic (exact) mass is 256 g/mol. The number of halogens is 1. The average molecular weight is 257 g/mol. The number of thioether (sulfide) groups is 1. The van der Waals surface area contributed by atoms with E-state index in [0.29, 0.717) is 5.88 Å². The zero-order valence-corrected chi connectivity index (χ0v) is 10.8. The second-order valence-corrected chi connectivity index (χ2v) is 4.75. The molecule has 0 spiro atoms. The Morgan fingerprint density at radius 1 is 1.38 bits per heavy atom. The average Bonchev–Trinajstić information content (AvgIpc) is 2.83. The molecule has 0 aliphatic heterocycles. The first kappa shape index (κ1) is 11.5. The molecule has 2 aromatic heterocycles. The molecule has 86 valence electrons. The van der Waals surface area contributed by atoms with Gasteiger partial charge in [0.15, 0.2) is 5.16 Å². The lowest BCUT2D eigenvalue weighted by atomic mass is 10.4. The number of alkyl halides is 1. The maximum absolute atomic E-state index is 5.78. The minimum atomic E-state index is 0.497. The van der Waals surface area contributed by atoms with Crippen molar-refractivity contribution in [2.45, 2.75) is 16.8 Å². The van der Waals surface area contributed by atoms with Crippen molar-refractivity contribution in [1.82, 2.24) is 19.3 Å². The summed E-state index contributed by atoms with van der Waals surface area (Å²) in [6.45, 7) is 0. The summed E-state index contributed by atoms with van der Waals surface area (Å²) in [6.07, 6.45) is 5.70. The number of hydrogen-bond donors (Lipinski definition) is 0. The lowest BCUT2D eigenvalue weighted by molar-refractivity contribution is 0.760. The summed E-state index contributed by atoms with van der Waals surface area (Å²) >= 11 is 7.47. The Morgan fingerprint density at radius 3 is 2.75 bits per heavy atom. The van der Waals surface area contributed by atoms with Gasteiger partial charge in [-0.25, -0.2) is 4.98 Å². The van der Waals surface area contributed by atoms with E-state index in [4.69, 9.17) is 11.6 Å². The highest BCUT2D eigenvalue weighted by Gasteiger charge is 2.06. The van der Waals surface area contributed by atoms with Crippen LogP contribution >= 0.6 is 23.4 Å². The van der Waals surface area contributed by atoms with Crippen LogP contribution in [0.4, 0.5) is 0 Å². The quantitative estimate of drug-likeness (QED) is 0.621. The molecule has 0 aliphatic carbocycles. The Morgan fingerprint density at radius 2 is 2.19 bits per heavy atom. The predicted octanol–water partition coefficient (Wildman–Crippen LogP) is 2.18. The van der Waals surface area contributed by atoms with Gasteiger partial charge < -0.3 is 4.57 Å². The van der Waals surface area contributed by atoms with Gasteiger partial charge in [-0.05, 0) is 0 Å². The molecule has 2 heterocycles. The van der Waals surface area contributed by atoms with Crippen molar-refractivity contribution in [2.24, 2.45) is 14.1 Å². The highest BCUT2D eigenvalue weighted by molar-refractivity contribution is 7.98. The second-order valence-electron chi connectivity index (χ2n) is 3.54. The standard InChI is InChI=1S/C10H13ClN4S/c1-14-6-8(4-13-14)7-16-10-12-5-9(3-11)15(10)2/h4-6H,3,7H2,1-2H3. The fourth-order valence-corrected chi connectivity index (χ4v) is 2.51. The molecule has 4 nitrogen and oxygen atoms in total. The Balaban J connectivity index is 2.02. The van der Waals surface area contributed by atoms with E-state index in [1.54, 1.807) is 16.4 Å². The van der Waals surface area contributed by atoms with Crippen LogP contribution in [0.15, 0.2) is 23.7 Å². The van der Waals surface area contributed by atoms with Gasteiger partial charge in [0.25, 0.3) is 0 Å².